The van der Waals surface area contributed by atoms with Gasteiger partial charge in [-0.1, -0.05) is 11.6 Å². The molecule has 0 radical (unpaired) electrons. The Morgan fingerprint density at radius 2 is 2.33 bits per heavy atom. The Balaban J connectivity index is 1.98. The van der Waals surface area contributed by atoms with Gasteiger partial charge in [0.05, 0.1) is 16.9 Å². The number of hydrogen-bond donors (Lipinski definition) is 1. The minimum atomic E-state index is -0.780. The van der Waals surface area contributed by atoms with Crippen LogP contribution in [-0.4, -0.2) is 21.8 Å². The lowest BCUT2D eigenvalue weighted by atomic mass is 10.3. The Hall–Kier alpha value is -2.08. The molecule has 21 heavy (non-hydrogen) atoms. The van der Waals surface area contributed by atoms with Crippen LogP contribution in [0, 0.1) is 5.82 Å². The average Bonchev–Trinajstić information content (AvgIpc) is 2.89. The van der Waals surface area contributed by atoms with Gasteiger partial charge in [0.25, 0.3) is 5.91 Å². The van der Waals surface area contributed by atoms with Crippen LogP contribution in [0.1, 0.15) is 13.8 Å². The summed E-state index contributed by atoms with van der Waals surface area (Å²) in [6.07, 6.45) is 2.49. The standard InChI is InChI=1S/C14H15ClFN3O2/c1-3-19-8-11(7-17-19)18-14(20)9(2)21-13-5-4-10(16)6-12(13)15/h4-9H,3H2,1-2H3,(H,18,20)/t9-/m1/s1. The molecule has 2 rings (SSSR count). The molecular formula is C14H15ClFN3O2. The summed E-state index contributed by atoms with van der Waals surface area (Å²) in [5.41, 5.74) is 0.586. The molecule has 112 valence electrons. The maximum atomic E-state index is 12.9. The normalized spacial score (nSPS) is 12.0. The molecule has 1 aromatic heterocycles. The highest BCUT2D eigenvalue weighted by molar-refractivity contribution is 6.32. The zero-order valence-corrected chi connectivity index (χ0v) is 12.4. The SMILES string of the molecule is CCn1cc(NC(=O)[C@@H](C)Oc2ccc(F)cc2Cl)cn1. The number of carbonyl (C=O) groups excluding carboxylic acids is 1. The van der Waals surface area contributed by atoms with Crippen molar-refractivity contribution >= 4 is 23.2 Å². The van der Waals surface area contributed by atoms with Crippen LogP contribution in [0.2, 0.25) is 5.02 Å². The van der Waals surface area contributed by atoms with Crippen LogP contribution in [0.4, 0.5) is 10.1 Å². The van der Waals surface area contributed by atoms with Crippen LogP contribution in [-0.2, 0) is 11.3 Å². The van der Waals surface area contributed by atoms with Gasteiger partial charge in [0, 0.05) is 12.7 Å². The van der Waals surface area contributed by atoms with Crippen molar-refractivity contribution in [1.29, 1.82) is 0 Å². The molecule has 5 nitrogen and oxygen atoms in total. The zero-order valence-electron chi connectivity index (χ0n) is 11.6. The fourth-order valence-electron chi connectivity index (χ4n) is 1.66. The number of ether oxygens (including phenoxy) is 1. The largest absolute Gasteiger partial charge is 0.479 e. The average molecular weight is 312 g/mol. The highest BCUT2D eigenvalue weighted by Gasteiger charge is 2.17. The lowest BCUT2D eigenvalue weighted by Gasteiger charge is -2.15. The van der Waals surface area contributed by atoms with Crippen molar-refractivity contribution in [3.8, 4) is 5.75 Å². The van der Waals surface area contributed by atoms with Crippen molar-refractivity contribution in [3.05, 3.63) is 41.4 Å². The number of nitrogens with one attached hydrogen (secondary N) is 1. The minimum absolute atomic E-state index is 0.119. The highest BCUT2D eigenvalue weighted by atomic mass is 35.5. The Morgan fingerprint density at radius 1 is 1.57 bits per heavy atom. The van der Waals surface area contributed by atoms with E-state index in [-0.39, 0.29) is 16.7 Å². The third-order valence-corrected chi connectivity index (χ3v) is 3.09. The van der Waals surface area contributed by atoms with E-state index in [1.807, 2.05) is 6.92 Å². The molecule has 1 heterocycles. The van der Waals surface area contributed by atoms with E-state index in [4.69, 9.17) is 16.3 Å². The molecule has 1 N–H and O–H groups in total. The van der Waals surface area contributed by atoms with Gasteiger partial charge in [-0.25, -0.2) is 4.39 Å². The molecule has 0 aliphatic rings. The Bertz CT molecular complexity index is 645. The molecule has 1 atom stereocenters. The Labute approximate surface area is 126 Å². The molecule has 7 heteroatoms. The third-order valence-electron chi connectivity index (χ3n) is 2.79. The van der Waals surface area contributed by atoms with Crippen LogP contribution < -0.4 is 10.1 Å². The zero-order chi connectivity index (χ0) is 15.4. The summed E-state index contributed by atoms with van der Waals surface area (Å²) in [6, 6.07) is 3.74. The molecule has 0 fully saturated rings. The molecule has 0 bridgehead atoms. The molecule has 2 aromatic rings. The van der Waals surface area contributed by atoms with Gasteiger partial charge < -0.3 is 10.1 Å². The summed E-state index contributed by atoms with van der Waals surface area (Å²) in [5.74, 6) is -0.549. The predicted octanol–water partition coefficient (Wildman–Crippen LogP) is 3.10. The van der Waals surface area contributed by atoms with Gasteiger partial charge >= 0.3 is 0 Å². The second kappa shape index (κ2) is 6.58. The fourth-order valence-corrected chi connectivity index (χ4v) is 1.87. The molecule has 0 spiro atoms. The maximum Gasteiger partial charge on any atom is 0.265 e. The van der Waals surface area contributed by atoms with E-state index in [0.717, 1.165) is 6.07 Å². The van der Waals surface area contributed by atoms with E-state index in [9.17, 15) is 9.18 Å². The Morgan fingerprint density at radius 3 is 2.95 bits per heavy atom. The number of halogens is 2. The molecule has 0 saturated heterocycles. The van der Waals surface area contributed by atoms with Crippen LogP contribution in [0.5, 0.6) is 5.75 Å². The lowest BCUT2D eigenvalue weighted by molar-refractivity contribution is -0.122. The first-order valence-corrected chi connectivity index (χ1v) is 6.82. The summed E-state index contributed by atoms with van der Waals surface area (Å²) in [5, 5.41) is 6.86. The van der Waals surface area contributed by atoms with E-state index < -0.39 is 11.9 Å². The van der Waals surface area contributed by atoms with Gasteiger partial charge in [0.2, 0.25) is 0 Å². The van der Waals surface area contributed by atoms with Crippen molar-refractivity contribution < 1.29 is 13.9 Å². The summed E-state index contributed by atoms with van der Waals surface area (Å²) in [4.78, 5) is 12.0. The number of carbonyl (C=O) groups is 1. The van der Waals surface area contributed by atoms with Crippen molar-refractivity contribution in [2.75, 3.05) is 5.32 Å². The lowest BCUT2D eigenvalue weighted by Crippen LogP contribution is -2.30. The monoisotopic (exact) mass is 311 g/mol. The first-order chi connectivity index (χ1) is 9.99. The topological polar surface area (TPSA) is 56.2 Å². The summed E-state index contributed by atoms with van der Waals surface area (Å²) in [6.45, 7) is 4.24. The van der Waals surface area contributed by atoms with Crippen LogP contribution in [0.15, 0.2) is 30.6 Å². The van der Waals surface area contributed by atoms with Gasteiger partial charge in [-0.15, -0.1) is 0 Å². The number of nitrogens with zero attached hydrogens (tertiary/aromatic N) is 2. The second-order valence-electron chi connectivity index (χ2n) is 4.41. The van der Waals surface area contributed by atoms with Gasteiger partial charge in [-0.2, -0.15) is 5.10 Å². The van der Waals surface area contributed by atoms with E-state index in [2.05, 4.69) is 10.4 Å². The first-order valence-electron chi connectivity index (χ1n) is 6.44. The molecule has 1 amide bonds. The van der Waals surface area contributed by atoms with Crippen molar-refractivity contribution in [2.45, 2.75) is 26.5 Å². The van der Waals surface area contributed by atoms with Crippen LogP contribution >= 0.6 is 11.6 Å². The van der Waals surface area contributed by atoms with Crippen LogP contribution in [0.25, 0.3) is 0 Å². The van der Waals surface area contributed by atoms with Crippen molar-refractivity contribution in [1.82, 2.24) is 9.78 Å². The number of amides is 1. The number of rotatable bonds is 5. The van der Waals surface area contributed by atoms with Gasteiger partial charge in [0.15, 0.2) is 6.10 Å². The fraction of sp³-hybridized carbons (Fsp3) is 0.286. The number of aromatic nitrogens is 2. The number of aryl methyl sites for hydroxylation is 1. The van der Waals surface area contributed by atoms with Crippen molar-refractivity contribution in [2.24, 2.45) is 0 Å². The van der Waals surface area contributed by atoms with E-state index in [0.29, 0.717) is 12.2 Å². The molecule has 0 unspecified atom stereocenters. The smallest absolute Gasteiger partial charge is 0.265 e. The number of hydrogen-bond acceptors (Lipinski definition) is 3. The number of benzene rings is 1. The summed E-state index contributed by atoms with van der Waals surface area (Å²) in [7, 11) is 0. The van der Waals surface area contributed by atoms with E-state index >= 15 is 0 Å². The maximum absolute atomic E-state index is 12.9. The molecule has 1 aromatic carbocycles. The molecular weight excluding hydrogens is 297 g/mol. The second-order valence-corrected chi connectivity index (χ2v) is 4.82. The predicted molar refractivity (Wildman–Crippen MR) is 78.0 cm³/mol. The van der Waals surface area contributed by atoms with Crippen molar-refractivity contribution in [3.63, 3.8) is 0 Å². The van der Waals surface area contributed by atoms with Gasteiger partial charge in [-0.3, -0.25) is 9.48 Å². The number of anilines is 1. The minimum Gasteiger partial charge on any atom is -0.479 e. The third kappa shape index (κ3) is 3.95. The molecule has 0 aliphatic carbocycles. The van der Waals surface area contributed by atoms with E-state index in [1.54, 1.807) is 24.0 Å². The van der Waals surface area contributed by atoms with Gasteiger partial charge in [-0.05, 0) is 32.0 Å². The van der Waals surface area contributed by atoms with E-state index in [1.165, 1.54) is 12.1 Å². The molecule has 0 aliphatic heterocycles. The first kappa shape index (κ1) is 15.3. The summed E-state index contributed by atoms with van der Waals surface area (Å²) < 4.78 is 20.1. The van der Waals surface area contributed by atoms with Gasteiger partial charge in [0.1, 0.15) is 11.6 Å². The highest BCUT2D eigenvalue weighted by Crippen LogP contribution is 2.26. The van der Waals surface area contributed by atoms with Crippen LogP contribution in [0.3, 0.4) is 0 Å². The summed E-state index contributed by atoms with van der Waals surface area (Å²) >= 11 is 5.85. The Kier molecular flexibility index (Phi) is 4.80. The molecule has 0 saturated carbocycles. The quantitative estimate of drug-likeness (QED) is 0.923.